The first-order valence-corrected chi connectivity index (χ1v) is 8.85. The molecule has 7 heteroatoms. The predicted octanol–water partition coefficient (Wildman–Crippen LogP) is 2.83. The van der Waals surface area contributed by atoms with E-state index in [1.807, 2.05) is 30.0 Å². The molecule has 1 aromatic heterocycles. The number of aliphatic imine (C=N–C) groups is 1. The Kier molecular flexibility index (Phi) is 2.94. The summed E-state index contributed by atoms with van der Waals surface area (Å²) in [6, 6.07) is 4.03. The minimum absolute atomic E-state index is 0.00958. The van der Waals surface area contributed by atoms with Gasteiger partial charge in [0, 0.05) is 23.4 Å². The van der Waals surface area contributed by atoms with E-state index in [0.29, 0.717) is 26.2 Å². The van der Waals surface area contributed by atoms with Crippen LogP contribution in [0.3, 0.4) is 0 Å². The first-order chi connectivity index (χ1) is 11.7. The van der Waals surface area contributed by atoms with Gasteiger partial charge in [0.05, 0.1) is 36.5 Å². The minimum Gasteiger partial charge on any atom is -0.493 e. The van der Waals surface area contributed by atoms with Crippen LogP contribution in [-0.2, 0) is 6.42 Å². The Morgan fingerprint density at radius 3 is 3.12 bits per heavy atom. The lowest BCUT2D eigenvalue weighted by Crippen LogP contribution is -2.34. The average Bonchev–Trinajstić information content (AvgIpc) is 3.22. The zero-order valence-corrected chi connectivity index (χ0v) is 14.1. The van der Waals surface area contributed by atoms with Crippen LogP contribution in [0.4, 0.5) is 9.93 Å². The number of carbonyl (C=O) groups is 1. The molecule has 0 aliphatic carbocycles. The number of benzene rings is 1. The molecule has 3 aliphatic rings. The van der Waals surface area contributed by atoms with Crippen molar-refractivity contribution in [3.8, 4) is 5.75 Å². The van der Waals surface area contributed by atoms with Crippen molar-refractivity contribution in [3.05, 3.63) is 29.5 Å². The highest BCUT2D eigenvalue weighted by Crippen LogP contribution is 2.39. The smallest absolute Gasteiger partial charge is 0.331 e. The maximum atomic E-state index is 12.8. The molecule has 2 bridgehead atoms. The number of nitrogens with zero attached hydrogens (tertiary/aromatic N) is 4. The van der Waals surface area contributed by atoms with Gasteiger partial charge in [-0.15, -0.1) is 0 Å². The summed E-state index contributed by atoms with van der Waals surface area (Å²) < 4.78 is 6.73. The van der Waals surface area contributed by atoms with Crippen molar-refractivity contribution in [3.63, 3.8) is 0 Å². The van der Waals surface area contributed by atoms with Crippen LogP contribution in [-0.4, -0.2) is 47.9 Å². The van der Waals surface area contributed by atoms with Gasteiger partial charge in [0.2, 0.25) is 0 Å². The molecule has 6 nitrogen and oxygen atoms in total. The SMILES string of the molecule is CC1=NC/C=C2\CN(C1)C(=O)N2c1nc2c3c(ccc2s1)OCC3. The van der Waals surface area contributed by atoms with Crippen LogP contribution in [0.25, 0.3) is 10.2 Å². The van der Waals surface area contributed by atoms with Crippen molar-refractivity contribution in [1.82, 2.24) is 9.88 Å². The van der Waals surface area contributed by atoms with E-state index in [1.54, 1.807) is 16.2 Å². The fourth-order valence-corrected chi connectivity index (χ4v) is 4.49. The molecule has 1 saturated heterocycles. The molecule has 2 amide bonds. The van der Waals surface area contributed by atoms with E-state index in [2.05, 4.69) is 4.99 Å². The van der Waals surface area contributed by atoms with E-state index < -0.39 is 0 Å². The summed E-state index contributed by atoms with van der Waals surface area (Å²) in [6.07, 6.45) is 2.91. The number of fused-ring (bicyclic) bond motifs is 5. The molecule has 24 heavy (non-hydrogen) atoms. The zero-order valence-electron chi connectivity index (χ0n) is 13.3. The van der Waals surface area contributed by atoms with Crippen LogP contribution < -0.4 is 9.64 Å². The summed E-state index contributed by atoms with van der Waals surface area (Å²) in [5.41, 5.74) is 4.09. The van der Waals surface area contributed by atoms with Gasteiger partial charge in [0.1, 0.15) is 5.75 Å². The number of urea groups is 1. The molecule has 5 rings (SSSR count). The van der Waals surface area contributed by atoms with Crippen molar-refractivity contribution >= 4 is 38.4 Å². The van der Waals surface area contributed by atoms with Crippen molar-refractivity contribution in [2.75, 3.05) is 31.1 Å². The number of anilines is 1. The Labute approximate surface area is 143 Å². The standard InChI is InChI=1S/C17H16N4O2S/c1-10-8-20-9-11(4-6-18-10)21(17(20)22)16-19-15-12-5-7-23-13(12)2-3-14(15)24-16/h2-4H,5-9H2,1H3/b11-4+,18-10?. The molecule has 3 aliphatic heterocycles. The quantitative estimate of drug-likeness (QED) is 0.802. The number of hydrogen-bond donors (Lipinski definition) is 0. The number of thiazole rings is 1. The van der Waals surface area contributed by atoms with E-state index in [1.165, 1.54) is 0 Å². The number of rotatable bonds is 1. The summed E-state index contributed by atoms with van der Waals surface area (Å²) in [5.74, 6) is 0.923. The highest BCUT2D eigenvalue weighted by atomic mass is 32.1. The van der Waals surface area contributed by atoms with Crippen LogP contribution in [0, 0.1) is 0 Å². The molecule has 4 heterocycles. The fourth-order valence-electron chi connectivity index (χ4n) is 3.47. The first kappa shape index (κ1) is 14.0. The Morgan fingerprint density at radius 1 is 1.29 bits per heavy atom. The molecule has 0 spiro atoms. The molecule has 1 fully saturated rings. The molecule has 0 atom stereocenters. The van der Waals surface area contributed by atoms with Crippen LogP contribution in [0.5, 0.6) is 5.75 Å². The van der Waals surface area contributed by atoms with Crippen LogP contribution >= 0.6 is 11.3 Å². The monoisotopic (exact) mass is 340 g/mol. The summed E-state index contributed by atoms with van der Waals surface area (Å²) in [5, 5.41) is 0.739. The molecular weight excluding hydrogens is 324 g/mol. The third-order valence-electron chi connectivity index (χ3n) is 4.62. The van der Waals surface area contributed by atoms with Crippen molar-refractivity contribution in [1.29, 1.82) is 0 Å². The summed E-state index contributed by atoms with van der Waals surface area (Å²) >= 11 is 1.56. The van der Waals surface area contributed by atoms with Crippen molar-refractivity contribution in [2.45, 2.75) is 13.3 Å². The fraction of sp³-hybridized carbons (Fsp3) is 0.353. The van der Waals surface area contributed by atoms with Gasteiger partial charge in [-0.3, -0.25) is 4.99 Å². The minimum atomic E-state index is -0.00958. The maximum absolute atomic E-state index is 12.8. The van der Waals surface area contributed by atoms with Gasteiger partial charge < -0.3 is 9.64 Å². The highest BCUT2D eigenvalue weighted by Gasteiger charge is 2.36. The average molecular weight is 340 g/mol. The summed E-state index contributed by atoms with van der Waals surface area (Å²) in [4.78, 5) is 25.7. The molecule has 122 valence electrons. The van der Waals surface area contributed by atoms with E-state index in [9.17, 15) is 4.79 Å². The van der Waals surface area contributed by atoms with Gasteiger partial charge in [-0.25, -0.2) is 14.7 Å². The van der Waals surface area contributed by atoms with E-state index in [-0.39, 0.29) is 6.03 Å². The number of carbonyl (C=O) groups excluding carboxylic acids is 1. The summed E-state index contributed by atoms with van der Waals surface area (Å²) in [6.45, 7) is 4.51. The number of ether oxygens (including phenoxy) is 1. The van der Waals surface area contributed by atoms with Gasteiger partial charge in [-0.2, -0.15) is 0 Å². The van der Waals surface area contributed by atoms with E-state index >= 15 is 0 Å². The van der Waals surface area contributed by atoms with Crippen molar-refractivity contribution < 1.29 is 9.53 Å². The second-order valence-corrected chi connectivity index (χ2v) is 7.24. The number of hydrogen-bond acceptors (Lipinski definition) is 5. The molecule has 0 unspecified atom stereocenters. The largest absolute Gasteiger partial charge is 0.493 e. The Balaban J connectivity index is 1.60. The Morgan fingerprint density at radius 2 is 2.21 bits per heavy atom. The van der Waals surface area contributed by atoms with Gasteiger partial charge >= 0.3 is 6.03 Å². The molecule has 1 aromatic carbocycles. The lowest BCUT2D eigenvalue weighted by molar-refractivity contribution is 0.226. The molecule has 0 N–H and O–H groups in total. The lowest BCUT2D eigenvalue weighted by atomic mass is 10.1. The van der Waals surface area contributed by atoms with Gasteiger partial charge in [0.15, 0.2) is 5.13 Å². The number of aromatic nitrogens is 1. The predicted molar refractivity (Wildman–Crippen MR) is 94.3 cm³/mol. The Bertz CT molecular complexity index is 930. The lowest BCUT2D eigenvalue weighted by Gasteiger charge is -2.15. The van der Waals surface area contributed by atoms with Gasteiger partial charge in [-0.1, -0.05) is 11.3 Å². The third kappa shape index (κ3) is 1.97. The third-order valence-corrected chi connectivity index (χ3v) is 5.63. The summed E-state index contributed by atoms with van der Waals surface area (Å²) in [7, 11) is 0. The Hall–Kier alpha value is -2.41. The molecule has 0 saturated carbocycles. The number of amides is 2. The molecule has 0 radical (unpaired) electrons. The molecular formula is C17H16N4O2S. The van der Waals surface area contributed by atoms with E-state index in [4.69, 9.17) is 9.72 Å². The second kappa shape index (κ2) is 5.04. The van der Waals surface area contributed by atoms with Crippen molar-refractivity contribution in [2.24, 2.45) is 4.99 Å². The normalized spacial score (nSPS) is 22.0. The topological polar surface area (TPSA) is 58.0 Å². The highest BCUT2D eigenvalue weighted by molar-refractivity contribution is 7.22. The first-order valence-electron chi connectivity index (χ1n) is 8.04. The van der Waals surface area contributed by atoms with Crippen LogP contribution in [0.15, 0.2) is 28.9 Å². The van der Waals surface area contributed by atoms with Gasteiger partial charge in [-0.05, 0) is 25.1 Å². The van der Waals surface area contributed by atoms with Gasteiger partial charge in [0.25, 0.3) is 0 Å². The van der Waals surface area contributed by atoms with Crippen LogP contribution in [0.2, 0.25) is 0 Å². The van der Waals surface area contributed by atoms with Crippen LogP contribution in [0.1, 0.15) is 12.5 Å². The second-order valence-electron chi connectivity index (χ2n) is 6.23. The van der Waals surface area contributed by atoms with E-state index in [0.717, 1.165) is 44.5 Å². The molecule has 2 aromatic rings. The zero-order chi connectivity index (χ0) is 16.3. The maximum Gasteiger partial charge on any atom is 0.331 e.